The summed E-state index contributed by atoms with van der Waals surface area (Å²) in [6.07, 6.45) is 6.77. The molecule has 1 N–H and O–H groups in total. The van der Waals surface area contributed by atoms with Gasteiger partial charge in [-0.1, -0.05) is 0 Å². The second-order valence-electron chi connectivity index (χ2n) is 8.78. The van der Waals surface area contributed by atoms with Crippen molar-refractivity contribution in [3.05, 3.63) is 23.8 Å². The summed E-state index contributed by atoms with van der Waals surface area (Å²) in [5.41, 5.74) is 1.19. The zero-order valence-electron chi connectivity index (χ0n) is 17.9. The van der Waals surface area contributed by atoms with E-state index in [9.17, 15) is 4.79 Å². The van der Waals surface area contributed by atoms with Crippen LogP contribution in [0, 0.1) is 5.92 Å². The van der Waals surface area contributed by atoms with Gasteiger partial charge in [0.05, 0.1) is 14.2 Å². The number of methoxy groups -OCH3 is 2. The van der Waals surface area contributed by atoms with Crippen LogP contribution in [0.25, 0.3) is 0 Å². The van der Waals surface area contributed by atoms with E-state index in [0.29, 0.717) is 18.0 Å². The summed E-state index contributed by atoms with van der Waals surface area (Å²) < 4.78 is 10.9. The van der Waals surface area contributed by atoms with E-state index in [-0.39, 0.29) is 5.92 Å². The molecule has 0 aromatic heterocycles. The van der Waals surface area contributed by atoms with Crippen molar-refractivity contribution in [1.29, 1.82) is 0 Å². The third-order valence-corrected chi connectivity index (χ3v) is 6.78. The first-order valence-corrected chi connectivity index (χ1v) is 11.1. The summed E-state index contributed by atoms with van der Waals surface area (Å²) in [5, 5.41) is 3.18. The molecule has 4 rings (SSSR count). The van der Waals surface area contributed by atoms with Crippen LogP contribution in [-0.4, -0.2) is 68.2 Å². The fourth-order valence-corrected chi connectivity index (χ4v) is 4.76. The Morgan fingerprint density at radius 2 is 1.72 bits per heavy atom. The van der Waals surface area contributed by atoms with Crippen molar-refractivity contribution in [3.63, 3.8) is 0 Å². The van der Waals surface area contributed by atoms with Gasteiger partial charge in [0.2, 0.25) is 5.91 Å². The number of hydrogen-bond acceptors (Lipinski definition) is 5. The molecule has 0 spiro atoms. The Bertz CT molecular complexity index is 691. The fourth-order valence-electron chi connectivity index (χ4n) is 4.76. The van der Waals surface area contributed by atoms with Crippen LogP contribution in [0.5, 0.6) is 11.5 Å². The maximum absolute atomic E-state index is 12.3. The van der Waals surface area contributed by atoms with Crippen LogP contribution in [-0.2, 0) is 11.3 Å². The molecule has 160 valence electrons. The SMILES string of the molecule is COc1ccc(OC)c(CN2CCC(N3CCC(C(=O)NC4CC4)CC3)CC2)c1. The molecule has 6 heteroatoms. The summed E-state index contributed by atoms with van der Waals surface area (Å²) >= 11 is 0. The minimum atomic E-state index is 0.229. The number of hydrogen-bond donors (Lipinski definition) is 1. The second-order valence-corrected chi connectivity index (χ2v) is 8.78. The molecule has 3 fully saturated rings. The van der Waals surface area contributed by atoms with E-state index in [2.05, 4.69) is 21.2 Å². The highest BCUT2D eigenvalue weighted by molar-refractivity contribution is 5.79. The summed E-state index contributed by atoms with van der Waals surface area (Å²) in [7, 11) is 3.43. The van der Waals surface area contributed by atoms with Crippen molar-refractivity contribution in [3.8, 4) is 11.5 Å². The molecule has 2 saturated heterocycles. The van der Waals surface area contributed by atoms with Crippen LogP contribution in [0.15, 0.2) is 18.2 Å². The van der Waals surface area contributed by atoms with E-state index in [4.69, 9.17) is 9.47 Å². The van der Waals surface area contributed by atoms with Gasteiger partial charge in [-0.05, 0) is 82.9 Å². The quantitative estimate of drug-likeness (QED) is 0.761. The highest BCUT2D eigenvalue weighted by Gasteiger charge is 2.32. The van der Waals surface area contributed by atoms with Gasteiger partial charge in [-0.15, -0.1) is 0 Å². The number of rotatable bonds is 7. The molecule has 0 radical (unpaired) electrons. The molecule has 1 aromatic rings. The maximum Gasteiger partial charge on any atom is 0.223 e. The smallest absolute Gasteiger partial charge is 0.223 e. The lowest BCUT2D eigenvalue weighted by atomic mass is 9.92. The Morgan fingerprint density at radius 1 is 1.00 bits per heavy atom. The Labute approximate surface area is 174 Å². The monoisotopic (exact) mass is 401 g/mol. The average molecular weight is 402 g/mol. The van der Waals surface area contributed by atoms with Crippen LogP contribution in [0.3, 0.4) is 0 Å². The fraction of sp³-hybridized carbons (Fsp3) is 0.696. The van der Waals surface area contributed by atoms with Crippen molar-refractivity contribution < 1.29 is 14.3 Å². The van der Waals surface area contributed by atoms with Gasteiger partial charge < -0.3 is 19.7 Å². The number of carbonyl (C=O) groups is 1. The molecule has 1 amide bonds. The van der Waals surface area contributed by atoms with Crippen LogP contribution in [0.2, 0.25) is 0 Å². The maximum atomic E-state index is 12.3. The second kappa shape index (κ2) is 9.35. The van der Waals surface area contributed by atoms with Crippen LogP contribution in [0.4, 0.5) is 0 Å². The number of nitrogens with one attached hydrogen (secondary N) is 1. The molecule has 6 nitrogen and oxygen atoms in total. The van der Waals surface area contributed by atoms with Crippen molar-refractivity contribution in [2.75, 3.05) is 40.4 Å². The summed E-state index contributed by atoms with van der Waals surface area (Å²) in [6, 6.07) is 7.16. The lowest BCUT2D eigenvalue weighted by Crippen LogP contribution is -2.49. The van der Waals surface area contributed by atoms with Gasteiger partial charge in [0.15, 0.2) is 0 Å². The molecule has 0 bridgehead atoms. The first-order chi connectivity index (χ1) is 14.2. The van der Waals surface area contributed by atoms with E-state index in [1.54, 1.807) is 14.2 Å². The van der Waals surface area contributed by atoms with E-state index in [0.717, 1.165) is 57.1 Å². The third kappa shape index (κ3) is 5.23. The van der Waals surface area contributed by atoms with Gasteiger partial charge in [-0.2, -0.15) is 0 Å². The lowest BCUT2D eigenvalue weighted by molar-refractivity contribution is -0.126. The number of ether oxygens (including phenoxy) is 2. The van der Waals surface area contributed by atoms with Crippen LogP contribution >= 0.6 is 0 Å². The molecular weight excluding hydrogens is 366 g/mol. The van der Waals surface area contributed by atoms with Crippen molar-refractivity contribution in [2.45, 2.75) is 57.2 Å². The number of carbonyl (C=O) groups excluding carboxylic acids is 1. The van der Waals surface area contributed by atoms with Crippen molar-refractivity contribution in [1.82, 2.24) is 15.1 Å². The molecule has 1 aliphatic carbocycles. The number of amides is 1. The van der Waals surface area contributed by atoms with E-state index >= 15 is 0 Å². The lowest BCUT2D eigenvalue weighted by Gasteiger charge is -2.41. The predicted octanol–water partition coefficient (Wildman–Crippen LogP) is 2.66. The standard InChI is InChI=1S/C23H35N3O3/c1-28-21-5-6-22(29-2)18(15-21)16-25-11-9-20(10-12-25)26-13-7-17(8-14-26)23(27)24-19-3-4-19/h5-6,15,17,19-20H,3-4,7-14,16H2,1-2H3,(H,24,27). The summed E-state index contributed by atoms with van der Waals surface area (Å²) in [6.45, 7) is 5.24. The summed E-state index contributed by atoms with van der Waals surface area (Å²) in [5.74, 6) is 2.34. The Hall–Kier alpha value is -1.79. The Kier molecular flexibility index (Phi) is 6.60. The number of benzene rings is 1. The first kappa shape index (κ1) is 20.5. The molecule has 1 saturated carbocycles. The van der Waals surface area contributed by atoms with Crippen molar-refractivity contribution >= 4 is 5.91 Å². The van der Waals surface area contributed by atoms with Gasteiger partial charge in [0, 0.05) is 30.1 Å². The molecule has 3 aliphatic rings. The highest BCUT2D eigenvalue weighted by Crippen LogP contribution is 2.29. The molecule has 29 heavy (non-hydrogen) atoms. The van der Waals surface area contributed by atoms with Crippen molar-refractivity contribution in [2.24, 2.45) is 5.92 Å². The van der Waals surface area contributed by atoms with Gasteiger partial charge in [0.25, 0.3) is 0 Å². The zero-order valence-corrected chi connectivity index (χ0v) is 17.9. The number of piperidine rings is 2. The Morgan fingerprint density at radius 3 is 2.34 bits per heavy atom. The minimum absolute atomic E-state index is 0.229. The van der Waals surface area contributed by atoms with Gasteiger partial charge in [-0.25, -0.2) is 0 Å². The molecule has 2 aliphatic heterocycles. The summed E-state index contributed by atoms with van der Waals surface area (Å²) in [4.78, 5) is 17.4. The molecule has 1 aromatic carbocycles. The van der Waals surface area contributed by atoms with Gasteiger partial charge >= 0.3 is 0 Å². The minimum Gasteiger partial charge on any atom is -0.497 e. The normalized spacial score (nSPS) is 22.4. The first-order valence-electron chi connectivity index (χ1n) is 11.1. The Balaban J connectivity index is 1.23. The number of nitrogens with zero attached hydrogens (tertiary/aromatic N) is 2. The number of likely N-dealkylation sites (tertiary alicyclic amines) is 2. The molecule has 0 atom stereocenters. The molecule has 2 heterocycles. The van der Waals surface area contributed by atoms with E-state index in [1.165, 1.54) is 31.2 Å². The van der Waals surface area contributed by atoms with Gasteiger partial charge in [-0.3, -0.25) is 9.69 Å². The van der Waals surface area contributed by atoms with Crippen LogP contribution in [0.1, 0.15) is 44.1 Å². The van der Waals surface area contributed by atoms with Crippen LogP contribution < -0.4 is 14.8 Å². The van der Waals surface area contributed by atoms with E-state index < -0.39 is 0 Å². The third-order valence-electron chi connectivity index (χ3n) is 6.78. The largest absolute Gasteiger partial charge is 0.497 e. The highest BCUT2D eigenvalue weighted by atomic mass is 16.5. The van der Waals surface area contributed by atoms with Gasteiger partial charge in [0.1, 0.15) is 11.5 Å². The molecule has 0 unspecified atom stereocenters. The topological polar surface area (TPSA) is 54.0 Å². The zero-order chi connectivity index (χ0) is 20.2. The predicted molar refractivity (Wildman–Crippen MR) is 113 cm³/mol. The average Bonchev–Trinajstić information content (AvgIpc) is 3.58. The van der Waals surface area contributed by atoms with E-state index in [1.807, 2.05) is 12.1 Å². The molecular formula is C23H35N3O3.